The molecule has 0 saturated heterocycles. The van der Waals surface area contributed by atoms with Crippen LogP contribution in [0.4, 0.5) is 18.9 Å². The zero-order valence-electron chi connectivity index (χ0n) is 12.8. The molecule has 126 valence electrons. The maximum absolute atomic E-state index is 12.7. The largest absolute Gasteiger partial charge is 0.416 e. The highest BCUT2D eigenvalue weighted by Crippen LogP contribution is 2.30. The van der Waals surface area contributed by atoms with Crippen LogP contribution in [0.15, 0.2) is 61.3 Å². The summed E-state index contributed by atoms with van der Waals surface area (Å²) in [4.78, 5) is 13.5. The molecule has 1 amide bonds. The van der Waals surface area contributed by atoms with Crippen LogP contribution in [0.25, 0.3) is 0 Å². The number of halogens is 3. The van der Waals surface area contributed by atoms with E-state index in [1.807, 2.05) is 0 Å². The Hall–Kier alpha value is -3.01. The van der Waals surface area contributed by atoms with Gasteiger partial charge in [0.1, 0.15) is 11.6 Å². The molecule has 1 aromatic carbocycles. The molecule has 1 N–H and O–H groups in total. The molecule has 0 spiro atoms. The molecular formula is C17H16F3N3O. The zero-order valence-corrected chi connectivity index (χ0v) is 12.8. The van der Waals surface area contributed by atoms with Gasteiger partial charge in [-0.25, -0.2) is 0 Å². The van der Waals surface area contributed by atoms with Gasteiger partial charge in [-0.1, -0.05) is 18.2 Å². The van der Waals surface area contributed by atoms with Crippen molar-refractivity contribution in [1.82, 2.24) is 4.90 Å². The summed E-state index contributed by atoms with van der Waals surface area (Å²) < 4.78 is 38.0. The molecule has 1 aromatic rings. The van der Waals surface area contributed by atoms with E-state index in [4.69, 9.17) is 5.26 Å². The Labute approximate surface area is 138 Å². The second-order valence-corrected chi connectivity index (χ2v) is 4.68. The minimum Gasteiger partial charge on any atom is -0.360 e. The Morgan fingerprint density at radius 1 is 1.29 bits per heavy atom. The lowest BCUT2D eigenvalue weighted by Crippen LogP contribution is -2.32. The molecule has 24 heavy (non-hydrogen) atoms. The van der Waals surface area contributed by atoms with Gasteiger partial charge in [-0.3, -0.25) is 4.79 Å². The van der Waals surface area contributed by atoms with Gasteiger partial charge in [-0.05, 0) is 18.2 Å². The number of amides is 1. The minimum absolute atomic E-state index is 0.115. The van der Waals surface area contributed by atoms with Crippen molar-refractivity contribution in [3.8, 4) is 6.07 Å². The van der Waals surface area contributed by atoms with Crippen LogP contribution in [-0.2, 0) is 11.0 Å². The number of hydrogen-bond donors (Lipinski definition) is 1. The molecule has 0 aliphatic heterocycles. The van der Waals surface area contributed by atoms with Crippen molar-refractivity contribution >= 4 is 11.6 Å². The van der Waals surface area contributed by atoms with E-state index in [2.05, 4.69) is 18.5 Å². The van der Waals surface area contributed by atoms with Crippen LogP contribution in [0.2, 0.25) is 0 Å². The van der Waals surface area contributed by atoms with E-state index in [-0.39, 0.29) is 24.4 Å². The Kier molecular flexibility index (Phi) is 6.80. The number of carbonyl (C=O) groups is 1. The normalized spacial score (nSPS) is 11.3. The molecule has 4 nitrogen and oxygen atoms in total. The maximum Gasteiger partial charge on any atom is 0.416 e. The third-order valence-electron chi connectivity index (χ3n) is 2.91. The average Bonchev–Trinajstić information content (AvgIpc) is 2.54. The van der Waals surface area contributed by atoms with Gasteiger partial charge in [0.2, 0.25) is 0 Å². The van der Waals surface area contributed by atoms with Crippen LogP contribution in [0.3, 0.4) is 0 Å². The molecule has 0 bridgehead atoms. The number of anilines is 1. The number of carbonyl (C=O) groups excluding carboxylic acids is 1. The van der Waals surface area contributed by atoms with Gasteiger partial charge in [0, 0.05) is 25.0 Å². The van der Waals surface area contributed by atoms with Crippen molar-refractivity contribution < 1.29 is 18.0 Å². The van der Waals surface area contributed by atoms with Gasteiger partial charge in [0.15, 0.2) is 0 Å². The first kappa shape index (κ1) is 19.0. The Morgan fingerprint density at radius 3 is 2.42 bits per heavy atom. The predicted octanol–water partition coefficient (Wildman–Crippen LogP) is 3.73. The fourth-order valence-corrected chi connectivity index (χ4v) is 1.81. The van der Waals surface area contributed by atoms with E-state index in [1.165, 1.54) is 29.2 Å². The summed E-state index contributed by atoms with van der Waals surface area (Å²) in [6.07, 6.45) is -0.399. The van der Waals surface area contributed by atoms with Crippen molar-refractivity contribution in [3.05, 3.63) is 66.9 Å². The second kappa shape index (κ2) is 8.58. The molecule has 0 fully saturated rings. The number of nitrogens with zero attached hydrogens (tertiary/aromatic N) is 2. The molecule has 0 aliphatic carbocycles. The summed E-state index contributed by atoms with van der Waals surface area (Å²) in [5.41, 5.74) is -0.953. The fraction of sp³-hybridized carbons (Fsp3) is 0.176. The van der Waals surface area contributed by atoms with Crippen LogP contribution in [0, 0.1) is 11.3 Å². The van der Waals surface area contributed by atoms with E-state index in [0.717, 1.165) is 18.3 Å². The quantitative estimate of drug-likeness (QED) is 0.469. The van der Waals surface area contributed by atoms with Crippen LogP contribution in [0.1, 0.15) is 5.56 Å². The summed E-state index contributed by atoms with van der Waals surface area (Å²) in [6, 6.07) is 6.18. The number of rotatable bonds is 7. The number of nitriles is 1. The summed E-state index contributed by atoms with van der Waals surface area (Å²) in [6.45, 7) is 7.48. The van der Waals surface area contributed by atoms with Crippen LogP contribution in [0.5, 0.6) is 0 Å². The predicted molar refractivity (Wildman–Crippen MR) is 85.7 cm³/mol. The third-order valence-corrected chi connectivity index (χ3v) is 2.91. The molecule has 0 saturated carbocycles. The molecule has 1 rings (SSSR count). The highest BCUT2D eigenvalue weighted by molar-refractivity contribution is 5.97. The summed E-state index contributed by atoms with van der Waals surface area (Å²) in [5.74, 6) is -0.572. The fourth-order valence-electron chi connectivity index (χ4n) is 1.81. The van der Waals surface area contributed by atoms with Gasteiger partial charge in [0.05, 0.1) is 5.56 Å². The molecule has 0 radical (unpaired) electrons. The smallest absolute Gasteiger partial charge is 0.360 e. The maximum atomic E-state index is 12.7. The van der Waals surface area contributed by atoms with Gasteiger partial charge in [0.25, 0.3) is 5.91 Å². The summed E-state index contributed by atoms with van der Waals surface area (Å²) in [5, 5.41) is 11.7. The van der Waals surface area contributed by atoms with Crippen molar-refractivity contribution in [2.24, 2.45) is 0 Å². The minimum atomic E-state index is -4.47. The molecule has 0 unspecified atom stereocenters. The van der Waals surface area contributed by atoms with Crippen molar-refractivity contribution in [1.29, 1.82) is 5.26 Å². The van der Waals surface area contributed by atoms with Gasteiger partial charge in [-0.15, -0.1) is 13.2 Å². The monoisotopic (exact) mass is 335 g/mol. The van der Waals surface area contributed by atoms with Crippen LogP contribution in [-0.4, -0.2) is 23.9 Å². The lowest BCUT2D eigenvalue weighted by molar-refractivity contribution is -0.137. The van der Waals surface area contributed by atoms with Crippen molar-refractivity contribution in [2.45, 2.75) is 6.18 Å². The lowest BCUT2D eigenvalue weighted by atomic mass is 10.2. The Bertz CT molecular complexity index is 677. The summed E-state index contributed by atoms with van der Waals surface area (Å²) >= 11 is 0. The number of hydrogen-bond acceptors (Lipinski definition) is 3. The highest BCUT2D eigenvalue weighted by atomic mass is 19.4. The van der Waals surface area contributed by atoms with E-state index < -0.39 is 17.6 Å². The van der Waals surface area contributed by atoms with E-state index in [1.54, 1.807) is 6.07 Å². The third kappa shape index (κ3) is 5.32. The zero-order chi connectivity index (χ0) is 18.2. The summed E-state index contributed by atoms with van der Waals surface area (Å²) in [7, 11) is 0. The Morgan fingerprint density at radius 2 is 1.92 bits per heavy atom. The van der Waals surface area contributed by atoms with E-state index in [0.29, 0.717) is 0 Å². The molecule has 0 aliphatic rings. The van der Waals surface area contributed by atoms with E-state index >= 15 is 0 Å². The average molecular weight is 335 g/mol. The lowest BCUT2D eigenvalue weighted by Gasteiger charge is -2.18. The number of nitrogens with one attached hydrogen (secondary N) is 1. The first-order valence-corrected chi connectivity index (χ1v) is 6.88. The number of alkyl halides is 3. The molecule has 7 heteroatoms. The molecule has 0 heterocycles. The first-order valence-electron chi connectivity index (χ1n) is 6.88. The highest BCUT2D eigenvalue weighted by Gasteiger charge is 2.30. The SMILES string of the molecule is C=CCN(CC=C)C(=O)/C(C#N)=C\Nc1cccc(C(F)(F)F)c1. The first-order chi connectivity index (χ1) is 11.3. The molecule has 0 atom stereocenters. The van der Waals surface area contributed by atoms with E-state index in [9.17, 15) is 18.0 Å². The van der Waals surface area contributed by atoms with Crippen molar-refractivity contribution in [3.63, 3.8) is 0 Å². The van der Waals surface area contributed by atoms with Gasteiger partial charge in [-0.2, -0.15) is 18.4 Å². The standard InChI is InChI=1S/C17H16F3N3O/c1-3-8-23(9-4-2)16(24)13(11-21)12-22-15-7-5-6-14(10-15)17(18,19)20/h3-7,10,12,22H,1-2,8-9H2/b13-12-. The Balaban J connectivity index is 2.97. The van der Waals surface area contributed by atoms with Crippen LogP contribution >= 0.6 is 0 Å². The van der Waals surface area contributed by atoms with Gasteiger partial charge >= 0.3 is 6.18 Å². The van der Waals surface area contributed by atoms with Crippen LogP contribution < -0.4 is 5.32 Å². The molecular weight excluding hydrogens is 319 g/mol. The van der Waals surface area contributed by atoms with Gasteiger partial charge < -0.3 is 10.2 Å². The topological polar surface area (TPSA) is 56.1 Å². The number of benzene rings is 1. The second-order valence-electron chi connectivity index (χ2n) is 4.68. The molecule has 0 aromatic heterocycles. The van der Waals surface area contributed by atoms with Crippen molar-refractivity contribution in [2.75, 3.05) is 18.4 Å².